The molecule has 2 spiro atoms. The van der Waals surface area contributed by atoms with Crippen LogP contribution in [0.5, 0.6) is 0 Å². The van der Waals surface area contributed by atoms with Crippen LogP contribution in [0, 0.1) is 63.1 Å². The van der Waals surface area contributed by atoms with Crippen LogP contribution >= 0.6 is 0 Å². The molecule has 21 heavy (non-hydrogen) atoms. The van der Waals surface area contributed by atoms with E-state index < -0.39 is 0 Å². The maximum Gasteiger partial charge on any atom is -0.00972 e. The Bertz CT molecular complexity index is 558. The second kappa shape index (κ2) is 3.04. The quantitative estimate of drug-likeness (QED) is 0.609. The van der Waals surface area contributed by atoms with Gasteiger partial charge in [-0.3, -0.25) is 0 Å². The molecule has 6 aliphatic rings. The highest BCUT2D eigenvalue weighted by Crippen LogP contribution is 3.12. The van der Waals surface area contributed by atoms with Gasteiger partial charge in [0.15, 0.2) is 0 Å². The second-order valence-electron chi connectivity index (χ2n) is 9.98. The normalized spacial score (nSPS) is 68.5. The highest BCUT2D eigenvalue weighted by atomic mass is 15.1. The number of rotatable bonds is 3. The molecule has 0 radical (unpaired) electrons. The molecule has 0 aliphatic heterocycles. The summed E-state index contributed by atoms with van der Waals surface area (Å²) in [5.74, 6) is 6.80. The summed E-state index contributed by atoms with van der Waals surface area (Å²) in [6.45, 7) is 19.6. The lowest BCUT2D eigenvalue weighted by atomic mass is 9.31. The van der Waals surface area contributed by atoms with Gasteiger partial charge in [0.25, 0.3) is 0 Å². The lowest BCUT2D eigenvalue weighted by Crippen LogP contribution is -2.69. The molecule has 0 heterocycles. The fourth-order valence-corrected chi connectivity index (χ4v) is 10.1. The summed E-state index contributed by atoms with van der Waals surface area (Å²) in [5.41, 5.74) is 2.65. The minimum absolute atomic E-state index is 0.550. The van der Waals surface area contributed by atoms with Crippen LogP contribution in [0.1, 0.15) is 54.4 Å². The summed E-state index contributed by atoms with van der Waals surface area (Å²) in [6.07, 6.45) is 5.27. The van der Waals surface area contributed by atoms with Crippen LogP contribution in [0.3, 0.4) is 0 Å². The molecule has 0 nitrogen and oxygen atoms in total. The van der Waals surface area contributed by atoms with Crippen LogP contribution in [0.25, 0.3) is 0 Å². The first-order valence-corrected chi connectivity index (χ1v) is 9.45. The first-order valence-electron chi connectivity index (χ1n) is 9.45. The summed E-state index contributed by atoms with van der Waals surface area (Å²) in [5, 5.41) is 0. The fraction of sp³-hybridized carbons (Fsp3) is 0.905. The minimum atomic E-state index is 0.550. The van der Waals surface area contributed by atoms with E-state index >= 15 is 0 Å². The van der Waals surface area contributed by atoms with E-state index in [4.69, 9.17) is 0 Å². The van der Waals surface area contributed by atoms with Crippen molar-refractivity contribution < 1.29 is 0 Å². The van der Waals surface area contributed by atoms with Gasteiger partial charge < -0.3 is 0 Å². The van der Waals surface area contributed by atoms with Gasteiger partial charge in [0, 0.05) is 0 Å². The molecule has 6 fully saturated rings. The summed E-state index contributed by atoms with van der Waals surface area (Å²) in [6, 6.07) is 0. The largest absolute Gasteiger partial charge is 0.103 e. The highest BCUT2D eigenvalue weighted by Gasteiger charge is 3.09. The van der Waals surface area contributed by atoms with Gasteiger partial charge in [0.1, 0.15) is 0 Å². The zero-order valence-electron chi connectivity index (χ0n) is 14.7. The van der Waals surface area contributed by atoms with E-state index in [9.17, 15) is 0 Å². The predicted molar refractivity (Wildman–Crippen MR) is 87.6 cm³/mol. The Morgan fingerprint density at radius 1 is 1.24 bits per heavy atom. The average Bonchev–Trinajstić information content (AvgIpc) is 3.31. The molecule has 116 valence electrons. The molecule has 0 aromatic carbocycles. The molecule has 0 heteroatoms. The van der Waals surface area contributed by atoms with Crippen molar-refractivity contribution in [1.29, 1.82) is 0 Å². The molecule has 0 aromatic rings. The Hall–Kier alpha value is -0.260. The topological polar surface area (TPSA) is 0 Å². The van der Waals surface area contributed by atoms with Crippen LogP contribution in [-0.4, -0.2) is 0 Å². The van der Waals surface area contributed by atoms with Crippen molar-refractivity contribution in [3.8, 4) is 0 Å². The van der Waals surface area contributed by atoms with Crippen LogP contribution < -0.4 is 0 Å². The maximum absolute atomic E-state index is 4.19. The fourth-order valence-electron chi connectivity index (χ4n) is 10.1. The minimum Gasteiger partial charge on any atom is -0.103 e. The van der Waals surface area contributed by atoms with Crippen molar-refractivity contribution in [2.75, 3.05) is 0 Å². The molecule has 10 unspecified atom stereocenters. The first kappa shape index (κ1) is 13.2. The van der Waals surface area contributed by atoms with Crippen molar-refractivity contribution in [2.45, 2.75) is 54.4 Å². The van der Waals surface area contributed by atoms with E-state index in [0.29, 0.717) is 16.2 Å². The number of hydrogen-bond acceptors (Lipinski definition) is 0. The zero-order chi connectivity index (χ0) is 15.2. The number of allylic oxidation sites excluding steroid dienone is 1. The molecule has 0 saturated heterocycles. The van der Waals surface area contributed by atoms with Crippen LogP contribution in [0.15, 0.2) is 12.7 Å². The summed E-state index contributed by atoms with van der Waals surface area (Å²) >= 11 is 0. The smallest absolute Gasteiger partial charge is 0.00972 e. The molecule has 0 N–H and O–H groups in total. The van der Waals surface area contributed by atoms with Gasteiger partial charge in [-0.1, -0.05) is 54.0 Å². The number of hydrogen-bond donors (Lipinski definition) is 0. The van der Waals surface area contributed by atoms with E-state index in [1.54, 1.807) is 6.42 Å². The molecule has 0 aromatic heterocycles. The van der Waals surface area contributed by atoms with Gasteiger partial charge in [-0.2, -0.15) is 0 Å². The van der Waals surface area contributed by atoms with Crippen LogP contribution in [0.4, 0.5) is 0 Å². The average molecular weight is 284 g/mol. The highest BCUT2D eigenvalue weighted by molar-refractivity contribution is 5.56. The summed E-state index contributed by atoms with van der Waals surface area (Å²) < 4.78 is 0. The third-order valence-corrected chi connectivity index (χ3v) is 10.6. The molecule has 10 atom stereocenters. The van der Waals surface area contributed by atoms with E-state index in [1.807, 2.05) is 0 Å². The third-order valence-electron chi connectivity index (χ3n) is 10.6. The van der Waals surface area contributed by atoms with Gasteiger partial charge in [0.2, 0.25) is 0 Å². The lowest BCUT2D eigenvalue weighted by molar-refractivity contribution is -0.262. The molecule has 4 bridgehead atoms. The Morgan fingerprint density at radius 2 is 1.90 bits per heavy atom. The van der Waals surface area contributed by atoms with E-state index in [1.165, 1.54) is 6.42 Å². The SMILES string of the molecule is C=CC(C)C12C3C4CC5(C(C)C(CC)C15C32)C(C)(C)C4C. The van der Waals surface area contributed by atoms with E-state index in [0.717, 1.165) is 46.8 Å². The summed E-state index contributed by atoms with van der Waals surface area (Å²) in [4.78, 5) is 0. The van der Waals surface area contributed by atoms with Gasteiger partial charge in [-0.05, 0) is 69.5 Å². The Kier molecular flexibility index (Phi) is 1.91. The van der Waals surface area contributed by atoms with Gasteiger partial charge in [0.05, 0.1) is 0 Å². The van der Waals surface area contributed by atoms with Gasteiger partial charge in [-0.25, -0.2) is 0 Å². The molecule has 6 rings (SSSR count). The van der Waals surface area contributed by atoms with Crippen molar-refractivity contribution in [1.82, 2.24) is 0 Å². The Balaban J connectivity index is 1.73. The lowest BCUT2D eigenvalue weighted by Gasteiger charge is -2.73. The van der Waals surface area contributed by atoms with Crippen molar-refractivity contribution in [3.63, 3.8) is 0 Å². The first-order chi connectivity index (χ1) is 9.83. The molecule has 6 aliphatic carbocycles. The van der Waals surface area contributed by atoms with Gasteiger partial charge >= 0.3 is 0 Å². The molecule has 0 amide bonds. The van der Waals surface area contributed by atoms with Crippen LogP contribution in [0.2, 0.25) is 0 Å². The van der Waals surface area contributed by atoms with E-state index in [-0.39, 0.29) is 0 Å². The van der Waals surface area contributed by atoms with Crippen molar-refractivity contribution in [3.05, 3.63) is 12.7 Å². The van der Waals surface area contributed by atoms with E-state index in [2.05, 4.69) is 54.2 Å². The van der Waals surface area contributed by atoms with Crippen molar-refractivity contribution >= 4 is 0 Å². The predicted octanol–water partition coefficient (Wildman–Crippen LogP) is 5.40. The Labute approximate surface area is 130 Å². The second-order valence-corrected chi connectivity index (χ2v) is 9.98. The third kappa shape index (κ3) is 0.771. The standard InChI is InChI=1S/C21H32/c1-8-11(3)20-16-14-10-19(18(6,7)12(14)4)13(5)15(9-2)21(19,20)17(16)20/h8,11-17H,1,9-10H2,2-7H3. The molecular weight excluding hydrogens is 252 g/mol. The van der Waals surface area contributed by atoms with Gasteiger partial charge in [-0.15, -0.1) is 6.58 Å². The molecule has 6 saturated carbocycles. The Morgan fingerprint density at radius 3 is 2.48 bits per heavy atom. The van der Waals surface area contributed by atoms with Crippen molar-refractivity contribution in [2.24, 2.45) is 63.1 Å². The maximum atomic E-state index is 4.19. The molecular formula is C21H32. The van der Waals surface area contributed by atoms with Crippen LogP contribution in [-0.2, 0) is 0 Å². The monoisotopic (exact) mass is 284 g/mol. The zero-order valence-corrected chi connectivity index (χ0v) is 14.7. The summed E-state index contributed by atoms with van der Waals surface area (Å²) in [7, 11) is 0.